The van der Waals surface area contributed by atoms with Gasteiger partial charge in [-0.2, -0.15) is 5.10 Å². The lowest BCUT2D eigenvalue weighted by Crippen LogP contribution is -2.22. The molecule has 0 saturated carbocycles. The Morgan fingerprint density at radius 2 is 1.75 bits per heavy atom. The number of amides is 1. The van der Waals surface area contributed by atoms with E-state index in [1.807, 2.05) is 41.2 Å². The van der Waals surface area contributed by atoms with Gasteiger partial charge in [0.15, 0.2) is 5.76 Å². The standard InChI is InChI=1S/C22H18FN3O2/c23-19-8-6-18(7-9-19)20-10-11-21(28-20)22(27)24-14-16-2-4-17(5-3-16)15-26-13-1-12-25-26/h1-13H,14-15H2,(H,24,27). The number of nitrogens with zero attached hydrogens (tertiary/aromatic N) is 2. The molecule has 0 radical (unpaired) electrons. The number of rotatable bonds is 6. The van der Waals surface area contributed by atoms with E-state index >= 15 is 0 Å². The van der Waals surface area contributed by atoms with Crippen LogP contribution in [0.5, 0.6) is 0 Å². The van der Waals surface area contributed by atoms with Crippen molar-refractivity contribution in [3.63, 3.8) is 0 Å². The van der Waals surface area contributed by atoms with Gasteiger partial charge in [-0.15, -0.1) is 0 Å². The summed E-state index contributed by atoms with van der Waals surface area (Å²) in [7, 11) is 0. The van der Waals surface area contributed by atoms with E-state index in [0.29, 0.717) is 24.4 Å². The van der Waals surface area contributed by atoms with Crippen molar-refractivity contribution in [3.05, 3.63) is 102 Å². The van der Waals surface area contributed by atoms with E-state index in [1.165, 1.54) is 12.1 Å². The molecule has 0 bridgehead atoms. The zero-order valence-electron chi connectivity index (χ0n) is 15.0. The Hall–Kier alpha value is -3.67. The molecule has 0 fully saturated rings. The molecule has 4 rings (SSSR count). The lowest BCUT2D eigenvalue weighted by atomic mass is 10.1. The lowest BCUT2D eigenvalue weighted by Gasteiger charge is -2.06. The van der Waals surface area contributed by atoms with Crippen LogP contribution in [0.3, 0.4) is 0 Å². The summed E-state index contributed by atoms with van der Waals surface area (Å²) < 4.78 is 20.5. The first-order chi connectivity index (χ1) is 13.7. The number of furan rings is 1. The molecule has 140 valence electrons. The predicted molar refractivity (Wildman–Crippen MR) is 103 cm³/mol. The van der Waals surface area contributed by atoms with Crippen molar-refractivity contribution in [2.24, 2.45) is 0 Å². The van der Waals surface area contributed by atoms with Crippen molar-refractivity contribution >= 4 is 5.91 Å². The van der Waals surface area contributed by atoms with E-state index in [4.69, 9.17) is 4.42 Å². The molecule has 28 heavy (non-hydrogen) atoms. The highest BCUT2D eigenvalue weighted by molar-refractivity contribution is 5.92. The molecule has 2 aromatic carbocycles. The number of nitrogens with one attached hydrogen (secondary N) is 1. The molecule has 0 atom stereocenters. The maximum atomic E-state index is 13.0. The third-order valence-electron chi connectivity index (χ3n) is 4.34. The number of hydrogen-bond acceptors (Lipinski definition) is 3. The first-order valence-electron chi connectivity index (χ1n) is 8.86. The van der Waals surface area contributed by atoms with E-state index in [2.05, 4.69) is 10.4 Å². The maximum Gasteiger partial charge on any atom is 0.287 e. The number of aromatic nitrogens is 2. The highest BCUT2D eigenvalue weighted by Gasteiger charge is 2.12. The van der Waals surface area contributed by atoms with Gasteiger partial charge in [-0.3, -0.25) is 9.48 Å². The molecule has 0 aliphatic heterocycles. The van der Waals surface area contributed by atoms with E-state index in [1.54, 1.807) is 30.5 Å². The Kier molecular flexibility index (Phi) is 5.01. The Morgan fingerprint density at radius 1 is 1.00 bits per heavy atom. The fourth-order valence-electron chi connectivity index (χ4n) is 2.84. The molecule has 6 heteroatoms. The van der Waals surface area contributed by atoms with Gasteiger partial charge < -0.3 is 9.73 Å². The molecule has 0 aliphatic carbocycles. The third-order valence-corrected chi connectivity index (χ3v) is 4.34. The summed E-state index contributed by atoms with van der Waals surface area (Å²) in [5.74, 6) is 0.126. The summed E-state index contributed by atoms with van der Waals surface area (Å²) in [5, 5.41) is 7.03. The molecule has 1 N–H and O–H groups in total. The molecule has 0 saturated heterocycles. The molecule has 4 aromatic rings. The van der Waals surface area contributed by atoms with Crippen LogP contribution in [-0.2, 0) is 13.1 Å². The van der Waals surface area contributed by atoms with Gasteiger partial charge in [0.05, 0.1) is 6.54 Å². The Bertz CT molecular complexity index is 1050. The Labute approximate surface area is 161 Å². The predicted octanol–water partition coefficient (Wildman–Crippen LogP) is 4.26. The maximum absolute atomic E-state index is 13.0. The fraction of sp³-hybridized carbons (Fsp3) is 0.0909. The van der Waals surface area contributed by atoms with Crippen LogP contribution in [0.15, 0.2) is 83.5 Å². The van der Waals surface area contributed by atoms with Gasteiger partial charge in [-0.05, 0) is 53.6 Å². The minimum atomic E-state index is -0.316. The molecule has 0 aliphatic rings. The largest absolute Gasteiger partial charge is 0.451 e. The second-order valence-electron chi connectivity index (χ2n) is 6.37. The molecule has 2 heterocycles. The van der Waals surface area contributed by atoms with Crippen LogP contribution >= 0.6 is 0 Å². The Morgan fingerprint density at radius 3 is 2.46 bits per heavy atom. The summed E-state index contributed by atoms with van der Waals surface area (Å²) in [5.41, 5.74) is 2.84. The quantitative estimate of drug-likeness (QED) is 0.548. The van der Waals surface area contributed by atoms with Crippen molar-refractivity contribution in [1.29, 1.82) is 0 Å². The van der Waals surface area contributed by atoms with Gasteiger partial charge in [0, 0.05) is 24.5 Å². The number of carbonyl (C=O) groups excluding carboxylic acids is 1. The van der Waals surface area contributed by atoms with Gasteiger partial charge in [0.25, 0.3) is 5.91 Å². The minimum Gasteiger partial charge on any atom is -0.451 e. The first kappa shape index (κ1) is 17.7. The molecule has 0 unspecified atom stereocenters. The van der Waals surface area contributed by atoms with Crippen molar-refractivity contribution in [1.82, 2.24) is 15.1 Å². The number of halogens is 1. The van der Waals surface area contributed by atoms with Crippen LogP contribution in [0.25, 0.3) is 11.3 Å². The first-order valence-corrected chi connectivity index (χ1v) is 8.86. The van der Waals surface area contributed by atoms with E-state index in [0.717, 1.165) is 11.1 Å². The van der Waals surface area contributed by atoms with E-state index in [9.17, 15) is 9.18 Å². The van der Waals surface area contributed by atoms with Crippen molar-refractivity contribution in [2.45, 2.75) is 13.1 Å². The summed E-state index contributed by atoms with van der Waals surface area (Å²) in [6, 6.07) is 19.1. The van der Waals surface area contributed by atoms with Crippen LogP contribution in [-0.4, -0.2) is 15.7 Å². The second kappa shape index (κ2) is 7.92. The minimum absolute atomic E-state index is 0.217. The van der Waals surface area contributed by atoms with Crippen LogP contribution in [0.1, 0.15) is 21.7 Å². The van der Waals surface area contributed by atoms with Crippen LogP contribution in [0.4, 0.5) is 4.39 Å². The smallest absolute Gasteiger partial charge is 0.287 e. The van der Waals surface area contributed by atoms with Gasteiger partial charge in [0.1, 0.15) is 11.6 Å². The lowest BCUT2D eigenvalue weighted by molar-refractivity contribution is 0.0924. The molecule has 2 aromatic heterocycles. The average Bonchev–Trinajstić information content (AvgIpc) is 3.40. The molecule has 0 spiro atoms. The molecule has 5 nitrogen and oxygen atoms in total. The molecular weight excluding hydrogens is 357 g/mol. The van der Waals surface area contributed by atoms with E-state index in [-0.39, 0.29) is 17.5 Å². The number of hydrogen-bond donors (Lipinski definition) is 1. The van der Waals surface area contributed by atoms with Gasteiger partial charge in [-0.1, -0.05) is 24.3 Å². The summed E-state index contributed by atoms with van der Waals surface area (Å²) in [4.78, 5) is 12.3. The molecular formula is C22H18FN3O2. The number of benzene rings is 2. The fourth-order valence-corrected chi connectivity index (χ4v) is 2.84. The summed E-state index contributed by atoms with van der Waals surface area (Å²) in [6.45, 7) is 1.10. The van der Waals surface area contributed by atoms with Crippen molar-refractivity contribution < 1.29 is 13.6 Å². The van der Waals surface area contributed by atoms with Crippen molar-refractivity contribution in [3.8, 4) is 11.3 Å². The Balaban J connectivity index is 1.34. The van der Waals surface area contributed by atoms with Crippen LogP contribution in [0, 0.1) is 5.82 Å². The van der Waals surface area contributed by atoms with Gasteiger partial charge in [0.2, 0.25) is 0 Å². The topological polar surface area (TPSA) is 60.1 Å². The van der Waals surface area contributed by atoms with Crippen LogP contribution < -0.4 is 5.32 Å². The van der Waals surface area contributed by atoms with Crippen molar-refractivity contribution in [2.75, 3.05) is 0 Å². The monoisotopic (exact) mass is 375 g/mol. The highest BCUT2D eigenvalue weighted by atomic mass is 19.1. The zero-order valence-corrected chi connectivity index (χ0v) is 15.0. The summed E-state index contributed by atoms with van der Waals surface area (Å²) >= 11 is 0. The third kappa shape index (κ3) is 4.17. The van der Waals surface area contributed by atoms with E-state index < -0.39 is 0 Å². The van der Waals surface area contributed by atoms with Gasteiger partial charge >= 0.3 is 0 Å². The second-order valence-corrected chi connectivity index (χ2v) is 6.37. The zero-order chi connectivity index (χ0) is 19.3. The SMILES string of the molecule is O=C(NCc1ccc(Cn2cccn2)cc1)c1ccc(-c2ccc(F)cc2)o1. The highest BCUT2D eigenvalue weighted by Crippen LogP contribution is 2.22. The number of carbonyl (C=O) groups is 1. The summed E-state index contributed by atoms with van der Waals surface area (Å²) in [6.07, 6.45) is 3.66. The van der Waals surface area contributed by atoms with Crippen LogP contribution in [0.2, 0.25) is 0 Å². The normalized spacial score (nSPS) is 10.8. The average molecular weight is 375 g/mol. The molecule has 1 amide bonds. The van der Waals surface area contributed by atoms with Gasteiger partial charge in [-0.25, -0.2) is 4.39 Å².